The fourth-order valence-electron chi connectivity index (χ4n) is 2.26. The molecule has 0 N–H and O–H groups in total. The van der Waals surface area contributed by atoms with E-state index in [1.807, 2.05) is 30.3 Å². The molecule has 3 aromatic carbocycles. The third kappa shape index (κ3) is 4.61. The second kappa shape index (κ2) is 8.02. The number of hydrogen-bond acceptors (Lipinski definition) is 4. The van der Waals surface area contributed by atoms with Gasteiger partial charge in [0.25, 0.3) is 0 Å². The smallest absolute Gasteiger partial charge is 0.343 e. The Morgan fingerprint density at radius 2 is 1.52 bits per heavy atom. The molecule has 4 heteroatoms. The zero-order valence-corrected chi connectivity index (χ0v) is 13.8. The molecule has 0 fully saturated rings. The highest BCUT2D eigenvalue weighted by Crippen LogP contribution is 2.20. The number of carbonyl (C=O) groups excluding carboxylic acids is 1. The molecule has 0 bridgehead atoms. The molecule has 126 valence electrons. The highest BCUT2D eigenvalue weighted by molar-refractivity contribution is 5.91. The number of ether oxygens (including phenoxy) is 3. The van der Waals surface area contributed by atoms with E-state index in [0.29, 0.717) is 29.4 Å². The third-order valence-electron chi connectivity index (χ3n) is 3.59. The Morgan fingerprint density at radius 3 is 2.24 bits per heavy atom. The molecule has 0 aromatic heterocycles. The summed E-state index contributed by atoms with van der Waals surface area (Å²) in [4.78, 5) is 12.2. The van der Waals surface area contributed by atoms with Crippen molar-refractivity contribution in [1.29, 1.82) is 0 Å². The third-order valence-corrected chi connectivity index (χ3v) is 3.59. The van der Waals surface area contributed by atoms with Crippen molar-refractivity contribution in [3.05, 3.63) is 90.0 Å². The number of hydrogen-bond donors (Lipinski definition) is 0. The van der Waals surface area contributed by atoms with Crippen molar-refractivity contribution in [2.24, 2.45) is 0 Å². The summed E-state index contributed by atoms with van der Waals surface area (Å²) in [6.07, 6.45) is 0. The van der Waals surface area contributed by atoms with Crippen LogP contribution in [-0.4, -0.2) is 13.1 Å². The molecule has 4 nitrogen and oxygen atoms in total. The standard InChI is InChI=1S/C21H18O4/c1-23-20-9-5-8-17(14-20)21(22)25-19-12-10-18(11-13-19)24-15-16-6-3-2-4-7-16/h2-14H,15H2,1H3. The molecule has 0 unspecified atom stereocenters. The van der Waals surface area contributed by atoms with Gasteiger partial charge in [0.15, 0.2) is 0 Å². The zero-order valence-electron chi connectivity index (χ0n) is 13.8. The summed E-state index contributed by atoms with van der Waals surface area (Å²) in [5, 5.41) is 0. The van der Waals surface area contributed by atoms with Crippen LogP contribution in [0.4, 0.5) is 0 Å². The Balaban J connectivity index is 1.59. The van der Waals surface area contributed by atoms with Crippen LogP contribution in [0.15, 0.2) is 78.9 Å². The second-order valence-corrected chi connectivity index (χ2v) is 5.37. The van der Waals surface area contributed by atoms with E-state index in [1.165, 1.54) is 0 Å². The fourth-order valence-corrected chi connectivity index (χ4v) is 2.26. The van der Waals surface area contributed by atoms with Crippen molar-refractivity contribution in [2.45, 2.75) is 6.61 Å². The average molecular weight is 334 g/mol. The topological polar surface area (TPSA) is 44.8 Å². The number of rotatable bonds is 6. The molecule has 0 aliphatic heterocycles. The molecule has 0 atom stereocenters. The normalized spacial score (nSPS) is 10.1. The predicted octanol–water partition coefficient (Wildman–Crippen LogP) is 4.49. The van der Waals surface area contributed by atoms with Gasteiger partial charge in [-0.2, -0.15) is 0 Å². The Kier molecular flexibility index (Phi) is 5.32. The lowest BCUT2D eigenvalue weighted by molar-refractivity contribution is 0.0734. The molecule has 0 radical (unpaired) electrons. The van der Waals surface area contributed by atoms with Gasteiger partial charge in [-0.3, -0.25) is 0 Å². The van der Waals surface area contributed by atoms with Gasteiger partial charge in [0.1, 0.15) is 23.9 Å². The molecular weight excluding hydrogens is 316 g/mol. The molecule has 0 aliphatic carbocycles. The molecule has 0 amide bonds. The van der Waals surface area contributed by atoms with Crippen LogP contribution in [0.3, 0.4) is 0 Å². The van der Waals surface area contributed by atoms with Crippen molar-refractivity contribution in [2.75, 3.05) is 7.11 Å². The zero-order chi connectivity index (χ0) is 17.5. The Bertz CT molecular complexity index is 826. The van der Waals surface area contributed by atoms with Crippen LogP contribution in [0.2, 0.25) is 0 Å². The van der Waals surface area contributed by atoms with Crippen molar-refractivity contribution >= 4 is 5.97 Å². The Morgan fingerprint density at radius 1 is 0.800 bits per heavy atom. The molecule has 25 heavy (non-hydrogen) atoms. The van der Waals surface area contributed by atoms with Gasteiger partial charge in [-0.05, 0) is 48.0 Å². The first kappa shape index (κ1) is 16.6. The van der Waals surface area contributed by atoms with Gasteiger partial charge >= 0.3 is 5.97 Å². The molecule has 3 rings (SSSR count). The quantitative estimate of drug-likeness (QED) is 0.492. The van der Waals surface area contributed by atoms with E-state index in [0.717, 1.165) is 5.56 Å². The van der Waals surface area contributed by atoms with Crippen LogP contribution >= 0.6 is 0 Å². The Hall–Kier alpha value is -3.27. The number of esters is 1. The molecule has 0 saturated heterocycles. The second-order valence-electron chi connectivity index (χ2n) is 5.37. The van der Waals surface area contributed by atoms with Crippen LogP contribution in [-0.2, 0) is 6.61 Å². The number of benzene rings is 3. The van der Waals surface area contributed by atoms with Gasteiger partial charge in [-0.1, -0.05) is 36.4 Å². The van der Waals surface area contributed by atoms with E-state index in [-0.39, 0.29) is 0 Å². The van der Waals surface area contributed by atoms with Crippen LogP contribution in [0.5, 0.6) is 17.2 Å². The lowest BCUT2D eigenvalue weighted by Crippen LogP contribution is -2.08. The van der Waals surface area contributed by atoms with E-state index in [2.05, 4.69) is 0 Å². The first-order chi connectivity index (χ1) is 12.2. The first-order valence-corrected chi connectivity index (χ1v) is 7.87. The van der Waals surface area contributed by atoms with Crippen molar-refractivity contribution in [1.82, 2.24) is 0 Å². The van der Waals surface area contributed by atoms with E-state index in [9.17, 15) is 4.79 Å². The maximum atomic E-state index is 12.2. The summed E-state index contributed by atoms with van der Waals surface area (Å²) in [7, 11) is 1.55. The molecule has 0 spiro atoms. The SMILES string of the molecule is COc1cccc(C(=O)Oc2ccc(OCc3ccccc3)cc2)c1. The highest BCUT2D eigenvalue weighted by Gasteiger charge is 2.09. The number of methoxy groups -OCH3 is 1. The van der Waals surface area contributed by atoms with Crippen molar-refractivity contribution in [3.63, 3.8) is 0 Å². The van der Waals surface area contributed by atoms with Crippen LogP contribution in [0, 0.1) is 0 Å². The minimum atomic E-state index is -0.433. The van der Waals surface area contributed by atoms with Gasteiger partial charge in [0.2, 0.25) is 0 Å². The minimum absolute atomic E-state index is 0.433. The fraction of sp³-hybridized carbons (Fsp3) is 0.0952. The summed E-state index contributed by atoms with van der Waals surface area (Å²) in [5.74, 6) is 1.35. The minimum Gasteiger partial charge on any atom is -0.497 e. The van der Waals surface area contributed by atoms with Gasteiger partial charge in [-0.15, -0.1) is 0 Å². The van der Waals surface area contributed by atoms with Gasteiger partial charge in [0, 0.05) is 0 Å². The summed E-state index contributed by atoms with van der Waals surface area (Å²) >= 11 is 0. The van der Waals surface area contributed by atoms with Crippen LogP contribution < -0.4 is 14.2 Å². The molecule has 3 aromatic rings. The predicted molar refractivity (Wildman–Crippen MR) is 95.2 cm³/mol. The summed E-state index contributed by atoms with van der Waals surface area (Å²) in [5.41, 5.74) is 1.53. The lowest BCUT2D eigenvalue weighted by atomic mass is 10.2. The molecule has 0 saturated carbocycles. The summed E-state index contributed by atoms with van der Waals surface area (Å²) < 4.78 is 16.2. The summed E-state index contributed by atoms with van der Waals surface area (Å²) in [6.45, 7) is 0.490. The van der Waals surface area contributed by atoms with E-state index >= 15 is 0 Å². The maximum absolute atomic E-state index is 12.2. The van der Waals surface area contributed by atoms with Crippen molar-refractivity contribution < 1.29 is 19.0 Å². The highest BCUT2D eigenvalue weighted by atomic mass is 16.5. The van der Waals surface area contributed by atoms with E-state index in [1.54, 1.807) is 55.6 Å². The Labute approximate surface area is 146 Å². The van der Waals surface area contributed by atoms with Gasteiger partial charge < -0.3 is 14.2 Å². The first-order valence-electron chi connectivity index (χ1n) is 7.87. The molecular formula is C21H18O4. The summed E-state index contributed by atoms with van der Waals surface area (Å²) in [6, 6.07) is 23.7. The molecule has 0 heterocycles. The van der Waals surface area contributed by atoms with Gasteiger partial charge in [0.05, 0.1) is 12.7 Å². The van der Waals surface area contributed by atoms with E-state index in [4.69, 9.17) is 14.2 Å². The monoisotopic (exact) mass is 334 g/mol. The largest absolute Gasteiger partial charge is 0.497 e. The van der Waals surface area contributed by atoms with Crippen molar-refractivity contribution in [3.8, 4) is 17.2 Å². The lowest BCUT2D eigenvalue weighted by Gasteiger charge is -2.08. The number of carbonyl (C=O) groups is 1. The van der Waals surface area contributed by atoms with E-state index < -0.39 is 5.97 Å². The maximum Gasteiger partial charge on any atom is 0.343 e. The van der Waals surface area contributed by atoms with Crippen LogP contribution in [0.25, 0.3) is 0 Å². The average Bonchev–Trinajstić information content (AvgIpc) is 2.68. The van der Waals surface area contributed by atoms with Gasteiger partial charge in [-0.25, -0.2) is 4.79 Å². The molecule has 0 aliphatic rings. The van der Waals surface area contributed by atoms with Crippen LogP contribution in [0.1, 0.15) is 15.9 Å².